The van der Waals surface area contributed by atoms with Gasteiger partial charge in [0.25, 0.3) is 0 Å². The lowest BCUT2D eigenvalue weighted by Gasteiger charge is -2.29. The Bertz CT molecular complexity index is 832. The predicted octanol–water partition coefficient (Wildman–Crippen LogP) is 2.21. The predicted molar refractivity (Wildman–Crippen MR) is 90.4 cm³/mol. The third-order valence-electron chi connectivity index (χ3n) is 3.82. The van der Waals surface area contributed by atoms with Crippen LogP contribution in [-0.4, -0.2) is 51.5 Å². The topological polar surface area (TPSA) is 69.0 Å². The smallest absolute Gasteiger partial charge is 0.223 e. The van der Waals surface area contributed by atoms with Crippen molar-refractivity contribution in [1.29, 1.82) is 0 Å². The molecule has 1 saturated heterocycles. The van der Waals surface area contributed by atoms with E-state index < -0.39 is 0 Å². The summed E-state index contributed by atoms with van der Waals surface area (Å²) in [5.41, 5.74) is 2.43. The van der Waals surface area contributed by atoms with Crippen molar-refractivity contribution in [1.82, 2.24) is 25.2 Å². The van der Waals surface area contributed by atoms with Gasteiger partial charge in [0.05, 0.1) is 29.6 Å². The fraction of sp³-hybridized carbons (Fsp3) is 0.250. The number of nitrogens with zero attached hydrogens (tertiary/aromatic N) is 6. The van der Waals surface area contributed by atoms with E-state index in [9.17, 15) is 0 Å². The molecule has 2 aromatic heterocycles. The van der Waals surface area contributed by atoms with Crippen molar-refractivity contribution in [2.75, 3.05) is 31.2 Å². The number of morpholine rings is 1. The number of pyridine rings is 1. The Balaban J connectivity index is 1.61. The second-order valence-electron chi connectivity index (χ2n) is 5.35. The molecular weight excluding hydrogens is 328 g/mol. The van der Waals surface area contributed by atoms with Gasteiger partial charge in [-0.1, -0.05) is 17.7 Å². The molecule has 0 radical (unpaired) electrons. The molecule has 0 saturated carbocycles. The minimum atomic E-state index is 0.476. The quantitative estimate of drug-likeness (QED) is 0.727. The lowest BCUT2D eigenvalue weighted by molar-refractivity contribution is 0.122. The zero-order chi connectivity index (χ0) is 16.4. The van der Waals surface area contributed by atoms with Gasteiger partial charge < -0.3 is 9.64 Å². The average Bonchev–Trinajstić information content (AvgIpc) is 3.13. The molecule has 0 unspecified atom stereocenters. The molecule has 4 rings (SSSR count). The molecule has 1 aliphatic heterocycles. The van der Waals surface area contributed by atoms with E-state index in [-0.39, 0.29) is 0 Å². The van der Waals surface area contributed by atoms with Crippen LogP contribution in [0, 0.1) is 0 Å². The van der Waals surface area contributed by atoms with Crippen LogP contribution in [0.2, 0.25) is 5.02 Å². The zero-order valence-corrected chi connectivity index (χ0v) is 13.6. The van der Waals surface area contributed by atoms with Gasteiger partial charge in [-0.2, -0.15) is 0 Å². The van der Waals surface area contributed by atoms with E-state index in [0.29, 0.717) is 16.5 Å². The summed E-state index contributed by atoms with van der Waals surface area (Å²) in [5, 5.41) is 13.2. The molecule has 0 spiro atoms. The number of ether oxygens (including phenoxy) is 1. The first-order chi connectivity index (χ1) is 11.8. The molecule has 122 valence electrons. The van der Waals surface area contributed by atoms with E-state index in [1.54, 1.807) is 6.20 Å². The maximum Gasteiger partial charge on any atom is 0.223 e. The highest BCUT2D eigenvalue weighted by molar-refractivity contribution is 6.33. The first kappa shape index (κ1) is 15.0. The van der Waals surface area contributed by atoms with Gasteiger partial charge in [-0.15, -0.1) is 15.0 Å². The summed E-state index contributed by atoms with van der Waals surface area (Å²) in [6, 6.07) is 11.3. The number of anilines is 1. The molecule has 24 heavy (non-hydrogen) atoms. The summed E-state index contributed by atoms with van der Waals surface area (Å²) >= 11 is 6.45. The summed E-state index contributed by atoms with van der Waals surface area (Å²) in [6.07, 6.45) is 1.70. The van der Waals surface area contributed by atoms with Gasteiger partial charge in [0.15, 0.2) is 0 Å². The highest BCUT2D eigenvalue weighted by atomic mass is 35.5. The number of benzene rings is 1. The molecule has 7 nitrogen and oxygen atoms in total. The number of hydrogen-bond acceptors (Lipinski definition) is 6. The summed E-state index contributed by atoms with van der Waals surface area (Å²) < 4.78 is 5.38. The van der Waals surface area contributed by atoms with E-state index >= 15 is 0 Å². The summed E-state index contributed by atoms with van der Waals surface area (Å²) in [6.45, 7) is 3.11. The lowest BCUT2D eigenvalue weighted by Crippen LogP contribution is -2.36. The second-order valence-corrected chi connectivity index (χ2v) is 5.76. The summed E-state index contributed by atoms with van der Waals surface area (Å²) in [7, 11) is 0. The highest BCUT2D eigenvalue weighted by Gasteiger charge is 2.15. The summed E-state index contributed by atoms with van der Waals surface area (Å²) in [4.78, 5) is 7.90. The van der Waals surface area contributed by atoms with Crippen molar-refractivity contribution in [3.8, 4) is 17.2 Å². The molecule has 1 aromatic carbocycles. The molecule has 1 fully saturated rings. The first-order valence-electron chi connectivity index (χ1n) is 7.65. The first-order valence-corrected chi connectivity index (χ1v) is 8.03. The molecule has 0 atom stereocenters. The van der Waals surface area contributed by atoms with Crippen LogP contribution in [0.15, 0.2) is 42.6 Å². The van der Waals surface area contributed by atoms with Gasteiger partial charge >= 0.3 is 0 Å². The normalized spacial score (nSPS) is 14.8. The molecule has 0 amide bonds. The molecular formula is C16H15ClN6O. The van der Waals surface area contributed by atoms with Crippen LogP contribution in [0.3, 0.4) is 0 Å². The third kappa shape index (κ3) is 2.95. The molecule has 0 bridgehead atoms. The fourth-order valence-corrected chi connectivity index (χ4v) is 2.90. The maximum absolute atomic E-state index is 6.45. The van der Waals surface area contributed by atoms with Gasteiger partial charge in [0.1, 0.15) is 5.69 Å². The van der Waals surface area contributed by atoms with Crippen LogP contribution in [0.1, 0.15) is 0 Å². The van der Waals surface area contributed by atoms with Crippen molar-refractivity contribution in [2.45, 2.75) is 0 Å². The Kier molecular flexibility index (Phi) is 4.10. The van der Waals surface area contributed by atoms with Gasteiger partial charge in [-0.05, 0) is 35.5 Å². The lowest BCUT2D eigenvalue weighted by atomic mass is 10.2. The van der Waals surface area contributed by atoms with Gasteiger partial charge in [-0.25, -0.2) is 0 Å². The van der Waals surface area contributed by atoms with E-state index in [4.69, 9.17) is 16.3 Å². The Morgan fingerprint density at radius 2 is 1.96 bits per heavy atom. The molecule has 3 aromatic rings. The van der Waals surface area contributed by atoms with E-state index in [1.807, 2.05) is 36.4 Å². The summed E-state index contributed by atoms with van der Waals surface area (Å²) in [5.74, 6) is 0.476. The molecule has 0 aliphatic carbocycles. The van der Waals surface area contributed by atoms with Gasteiger partial charge in [0.2, 0.25) is 5.82 Å². The molecule has 1 aliphatic rings. The van der Waals surface area contributed by atoms with Crippen molar-refractivity contribution in [3.63, 3.8) is 0 Å². The van der Waals surface area contributed by atoms with Gasteiger partial charge in [-0.3, -0.25) is 4.98 Å². The molecule has 3 heterocycles. The number of tetrazole rings is 1. The number of rotatable bonds is 3. The Hall–Kier alpha value is -2.51. The SMILES string of the molecule is Clc1cc(-n2nnc(-c3ccccn3)n2)ccc1N1CCOCC1. The van der Waals surface area contributed by atoms with Gasteiger partial charge in [0, 0.05) is 19.3 Å². The number of halogens is 1. The maximum atomic E-state index is 6.45. The Morgan fingerprint density at radius 3 is 2.71 bits per heavy atom. The van der Waals surface area contributed by atoms with E-state index in [0.717, 1.165) is 37.7 Å². The second kappa shape index (κ2) is 6.54. The number of hydrogen-bond donors (Lipinski definition) is 0. The fourth-order valence-electron chi connectivity index (χ4n) is 2.60. The van der Waals surface area contributed by atoms with Crippen molar-refractivity contribution >= 4 is 17.3 Å². The third-order valence-corrected chi connectivity index (χ3v) is 4.12. The van der Waals surface area contributed by atoms with E-state index in [1.165, 1.54) is 4.80 Å². The monoisotopic (exact) mass is 342 g/mol. The van der Waals surface area contributed by atoms with Crippen LogP contribution in [0.4, 0.5) is 5.69 Å². The van der Waals surface area contributed by atoms with Crippen LogP contribution in [-0.2, 0) is 4.74 Å². The highest BCUT2D eigenvalue weighted by Crippen LogP contribution is 2.28. The molecule has 0 N–H and O–H groups in total. The van der Waals surface area contributed by atoms with Crippen molar-refractivity contribution < 1.29 is 4.74 Å². The van der Waals surface area contributed by atoms with Crippen LogP contribution in [0.25, 0.3) is 17.2 Å². The Labute approximate surface area is 143 Å². The van der Waals surface area contributed by atoms with Crippen molar-refractivity contribution in [2.24, 2.45) is 0 Å². The minimum Gasteiger partial charge on any atom is -0.378 e. The minimum absolute atomic E-state index is 0.476. The van der Waals surface area contributed by atoms with Crippen LogP contribution in [0.5, 0.6) is 0 Å². The van der Waals surface area contributed by atoms with Crippen molar-refractivity contribution in [3.05, 3.63) is 47.6 Å². The zero-order valence-electron chi connectivity index (χ0n) is 12.8. The largest absolute Gasteiger partial charge is 0.378 e. The van der Waals surface area contributed by atoms with Crippen LogP contribution >= 0.6 is 11.6 Å². The van der Waals surface area contributed by atoms with Crippen LogP contribution < -0.4 is 4.90 Å². The Morgan fingerprint density at radius 1 is 1.08 bits per heavy atom. The standard InChI is InChI=1S/C16H15ClN6O/c17-13-11-12(4-5-15(13)22-7-9-24-10-8-22)23-20-16(19-21-23)14-3-1-2-6-18-14/h1-6,11H,7-10H2. The van der Waals surface area contributed by atoms with E-state index in [2.05, 4.69) is 25.3 Å². The number of aromatic nitrogens is 5. The average molecular weight is 343 g/mol. The molecule has 8 heteroatoms.